The van der Waals surface area contributed by atoms with Crippen molar-refractivity contribution in [2.75, 3.05) is 10.6 Å². The SMILES string of the molecule is Cc1oc(C(C)(C)C)cc1-c1cc(NC=C2C(=O)Nc3cc(F)ccc32)[nH]n1. The van der Waals surface area contributed by atoms with Crippen molar-refractivity contribution < 1.29 is 13.6 Å². The Bertz CT molecular complexity index is 1100. The number of benzene rings is 1. The van der Waals surface area contributed by atoms with Gasteiger partial charge in [-0.15, -0.1) is 0 Å². The zero-order valence-electron chi connectivity index (χ0n) is 16.1. The third kappa shape index (κ3) is 3.19. The van der Waals surface area contributed by atoms with E-state index in [1.54, 1.807) is 12.3 Å². The molecule has 0 radical (unpaired) electrons. The smallest absolute Gasteiger partial charge is 0.257 e. The Morgan fingerprint density at radius 2 is 1.96 bits per heavy atom. The molecule has 0 fully saturated rings. The molecule has 0 unspecified atom stereocenters. The normalized spacial score (nSPS) is 15.0. The monoisotopic (exact) mass is 380 g/mol. The molecule has 3 N–H and O–H groups in total. The average molecular weight is 380 g/mol. The van der Waals surface area contributed by atoms with Crippen LogP contribution < -0.4 is 10.6 Å². The topological polar surface area (TPSA) is 83.0 Å². The van der Waals surface area contributed by atoms with Crippen LogP contribution in [-0.2, 0) is 10.2 Å². The molecule has 0 spiro atoms. The van der Waals surface area contributed by atoms with Gasteiger partial charge in [0.15, 0.2) is 0 Å². The molecule has 0 aliphatic carbocycles. The van der Waals surface area contributed by atoms with E-state index in [4.69, 9.17) is 4.42 Å². The van der Waals surface area contributed by atoms with Crippen LogP contribution in [0.5, 0.6) is 0 Å². The number of aromatic amines is 1. The van der Waals surface area contributed by atoms with Crippen molar-refractivity contribution in [3.63, 3.8) is 0 Å². The van der Waals surface area contributed by atoms with Crippen molar-refractivity contribution in [3.8, 4) is 11.3 Å². The Kier molecular flexibility index (Phi) is 4.10. The fourth-order valence-electron chi connectivity index (χ4n) is 3.10. The number of carbonyl (C=O) groups is 1. The molecular formula is C21H21FN4O2. The molecule has 1 aromatic carbocycles. The molecule has 1 amide bonds. The molecule has 0 saturated heterocycles. The van der Waals surface area contributed by atoms with E-state index in [9.17, 15) is 9.18 Å². The molecule has 7 heteroatoms. The Balaban J connectivity index is 1.58. The summed E-state index contributed by atoms with van der Waals surface area (Å²) in [6.07, 6.45) is 1.58. The van der Waals surface area contributed by atoms with Crippen LogP contribution in [0.2, 0.25) is 0 Å². The van der Waals surface area contributed by atoms with Gasteiger partial charge in [-0.3, -0.25) is 9.89 Å². The van der Waals surface area contributed by atoms with Gasteiger partial charge < -0.3 is 15.1 Å². The quantitative estimate of drug-likeness (QED) is 0.569. The van der Waals surface area contributed by atoms with Crippen molar-refractivity contribution >= 4 is 23.0 Å². The van der Waals surface area contributed by atoms with E-state index in [0.717, 1.165) is 22.8 Å². The Labute approximate surface area is 161 Å². The summed E-state index contributed by atoms with van der Waals surface area (Å²) in [6, 6.07) is 8.06. The van der Waals surface area contributed by atoms with Gasteiger partial charge in [0.2, 0.25) is 0 Å². The number of nitrogens with zero attached hydrogens (tertiary/aromatic N) is 1. The second-order valence-electron chi connectivity index (χ2n) is 7.84. The fraction of sp³-hybridized carbons (Fsp3) is 0.238. The summed E-state index contributed by atoms with van der Waals surface area (Å²) in [5.41, 5.74) is 3.12. The number of nitrogens with one attached hydrogen (secondary N) is 3. The highest BCUT2D eigenvalue weighted by atomic mass is 19.1. The van der Waals surface area contributed by atoms with Gasteiger partial charge in [0.25, 0.3) is 5.91 Å². The highest BCUT2D eigenvalue weighted by Gasteiger charge is 2.25. The summed E-state index contributed by atoms with van der Waals surface area (Å²) in [4.78, 5) is 12.2. The van der Waals surface area contributed by atoms with E-state index >= 15 is 0 Å². The summed E-state index contributed by atoms with van der Waals surface area (Å²) in [7, 11) is 0. The summed E-state index contributed by atoms with van der Waals surface area (Å²) >= 11 is 0. The standard InChI is InChI=1S/C21H21FN4O2/c1-11-14(8-18(28-11)21(2,3)4)17-9-19(26-25-17)23-10-15-13-6-5-12(22)7-16(13)24-20(15)27/h5-10H,1-4H3,(H,24,27)(H2,23,25,26). The van der Waals surface area contributed by atoms with Crippen LogP contribution in [0.15, 0.2) is 40.9 Å². The van der Waals surface area contributed by atoms with Crippen molar-refractivity contribution in [2.24, 2.45) is 0 Å². The zero-order valence-corrected chi connectivity index (χ0v) is 16.1. The molecule has 0 bridgehead atoms. The van der Waals surface area contributed by atoms with Gasteiger partial charge >= 0.3 is 0 Å². The summed E-state index contributed by atoms with van der Waals surface area (Å²) < 4.78 is 19.2. The number of anilines is 2. The molecule has 2 aromatic heterocycles. The predicted octanol–water partition coefficient (Wildman–Crippen LogP) is 4.82. The number of aryl methyl sites for hydroxylation is 1. The van der Waals surface area contributed by atoms with Crippen LogP contribution in [0.3, 0.4) is 0 Å². The number of aromatic nitrogens is 2. The maximum atomic E-state index is 13.3. The predicted molar refractivity (Wildman–Crippen MR) is 106 cm³/mol. The van der Waals surface area contributed by atoms with Crippen molar-refractivity contribution in [1.82, 2.24) is 10.2 Å². The van der Waals surface area contributed by atoms with E-state index in [1.807, 2.05) is 19.1 Å². The van der Waals surface area contributed by atoms with Crippen LogP contribution >= 0.6 is 0 Å². The van der Waals surface area contributed by atoms with Crippen LogP contribution in [0.4, 0.5) is 15.9 Å². The second kappa shape index (κ2) is 6.37. The third-order valence-corrected chi connectivity index (χ3v) is 4.65. The first-order valence-electron chi connectivity index (χ1n) is 8.97. The zero-order chi connectivity index (χ0) is 20.1. The molecule has 28 heavy (non-hydrogen) atoms. The first kappa shape index (κ1) is 18.0. The van der Waals surface area contributed by atoms with Crippen LogP contribution in [-0.4, -0.2) is 16.1 Å². The maximum Gasteiger partial charge on any atom is 0.257 e. The molecule has 144 valence electrons. The van der Waals surface area contributed by atoms with Crippen molar-refractivity contribution in [1.29, 1.82) is 0 Å². The van der Waals surface area contributed by atoms with Gasteiger partial charge in [-0.25, -0.2) is 4.39 Å². The van der Waals surface area contributed by atoms with Gasteiger partial charge in [-0.1, -0.05) is 20.8 Å². The second-order valence-corrected chi connectivity index (χ2v) is 7.84. The third-order valence-electron chi connectivity index (χ3n) is 4.65. The Hall–Kier alpha value is -3.35. The van der Waals surface area contributed by atoms with Crippen molar-refractivity contribution in [3.05, 3.63) is 59.4 Å². The minimum absolute atomic E-state index is 0.0898. The van der Waals surface area contributed by atoms with Gasteiger partial charge in [0.1, 0.15) is 23.2 Å². The van der Waals surface area contributed by atoms with Crippen molar-refractivity contribution in [2.45, 2.75) is 33.1 Å². The lowest BCUT2D eigenvalue weighted by Crippen LogP contribution is -2.09. The molecule has 1 aliphatic heterocycles. The fourth-order valence-corrected chi connectivity index (χ4v) is 3.10. The van der Waals surface area contributed by atoms with E-state index in [1.165, 1.54) is 12.1 Å². The molecule has 1 aliphatic rings. The molecular weight excluding hydrogens is 359 g/mol. The summed E-state index contributed by atoms with van der Waals surface area (Å²) in [5.74, 6) is 1.65. The van der Waals surface area contributed by atoms with Gasteiger partial charge in [0, 0.05) is 28.8 Å². The first-order valence-corrected chi connectivity index (χ1v) is 8.97. The van der Waals surface area contributed by atoms with E-state index in [0.29, 0.717) is 22.6 Å². The Morgan fingerprint density at radius 1 is 1.18 bits per heavy atom. The van der Waals surface area contributed by atoms with Gasteiger partial charge in [-0.05, 0) is 31.2 Å². The molecule has 3 aromatic rings. The summed E-state index contributed by atoms with van der Waals surface area (Å²) in [6.45, 7) is 8.19. The number of rotatable bonds is 3. The number of fused-ring (bicyclic) bond motifs is 1. The van der Waals surface area contributed by atoms with Crippen LogP contribution in [0.1, 0.15) is 37.9 Å². The highest BCUT2D eigenvalue weighted by Crippen LogP contribution is 2.34. The highest BCUT2D eigenvalue weighted by molar-refractivity contribution is 6.31. The summed E-state index contributed by atoms with van der Waals surface area (Å²) in [5, 5.41) is 13.0. The number of halogens is 1. The van der Waals surface area contributed by atoms with E-state index in [-0.39, 0.29) is 11.3 Å². The molecule has 4 rings (SSSR count). The lowest BCUT2D eigenvalue weighted by molar-refractivity contribution is -0.110. The average Bonchev–Trinajstić information content (AvgIpc) is 3.29. The largest absolute Gasteiger partial charge is 0.465 e. The van der Waals surface area contributed by atoms with E-state index < -0.39 is 5.82 Å². The lowest BCUT2D eigenvalue weighted by Gasteiger charge is -2.13. The number of H-pyrrole nitrogens is 1. The minimum atomic E-state index is -0.392. The van der Waals surface area contributed by atoms with Crippen LogP contribution in [0.25, 0.3) is 16.8 Å². The number of carbonyl (C=O) groups excluding carboxylic acids is 1. The van der Waals surface area contributed by atoms with Crippen LogP contribution in [0, 0.1) is 12.7 Å². The first-order chi connectivity index (χ1) is 13.2. The molecule has 0 atom stereocenters. The number of furan rings is 1. The minimum Gasteiger partial charge on any atom is -0.465 e. The number of hydrogen-bond donors (Lipinski definition) is 3. The Morgan fingerprint density at radius 3 is 2.68 bits per heavy atom. The molecule has 6 nitrogen and oxygen atoms in total. The lowest BCUT2D eigenvalue weighted by atomic mass is 9.93. The van der Waals surface area contributed by atoms with Gasteiger partial charge in [0.05, 0.1) is 17.0 Å². The number of amides is 1. The van der Waals surface area contributed by atoms with E-state index in [2.05, 4.69) is 41.6 Å². The number of hydrogen-bond acceptors (Lipinski definition) is 4. The molecule has 3 heterocycles. The maximum absolute atomic E-state index is 13.3. The van der Waals surface area contributed by atoms with Gasteiger partial charge in [-0.2, -0.15) is 5.10 Å². The molecule has 0 saturated carbocycles.